The van der Waals surface area contributed by atoms with E-state index in [2.05, 4.69) is 4.72 Å². The molecule has 7 heteroatoms. The Balaban J connectivity index is 3.01. The molecule has 0 fully saturated rings. The third-order valence-electron chi connectivity index (χ3n) is 2.54. The van der Waals surface area contributed by atoms with E-state index >= 15 is 0 Å². The SMILES string of the molecule is CCOCC(C)NS(=O)(=O)c1cc(N)cc(F)c1C. The fourth-order valence-electron chi connectivity index (χ4n) is 1.61. The Kier molecular flexibility index (Phi) is 5.28. The van der Waals surface area contributed by atoms with Crippen LogP contribution in [0.1, 0.15) is 19.4 Å². The summed E-state index contributed by atoms with van der Waals surface area (Å²) in [5.74, 6) is -0.641. The highest BCUT2D eigenvalue weighted by molar-refractivity contribution is 7.89. The molecule has 1 aromatic carbocycles. The molecule has 1 rings (SSSR count). The Morgan fingerprint density at radius 2 is 2.11 bits per heavy atom. The maximum absolute atomic E-state index is 13.5. The molecule has 0 aliphatic heterocycles. The van der Waals surface area contributed by atoms with Gasteiger partial charge in [-0.1, -0.05) is 0 Å². The molecule has 0 amide bonds. The van der Waals surface area contributed by atoms with Gasteiger partial charge in [0.15, 0.2) is 0 Å². The minimum atomic E-state index is -3.82. The average molecular weight is 290 g/mol. The lowest BCUT2D eigenvalue weighted by molar-refractivity contribution is 0.133. The van der Waals surface area contributed by atoms with Gasteiger partial charge in [0.25, 0.3) is 0 Å². The molecular formula is C12H19FN2O3S. The Labute approximate surface area is 113 Å². The van der Waals surface area contributed by atoms with Crippen LogP contribution in [0.25, 0.3) is 0 Å². The first-order valence-electron chi connectivity index (χ1n) is 5.93. The van der Waals surface area contributed by atoms with Crippen molar-refractivity contribution in [2.75, 3.05) is 18.9 Å². The quantitative estimate of drug-likeness (QED) is 0.776. The van der Waals surface area contributed by atoms with Crippen LogP contribution in [-0.4, -0.2) is 27.7 Å². The van der Waals surface area contributed by atoms with Crippen molar-refractivity contribution < 1.29 is 17.5 Å². The third kappa shape index (κ3) is 4.15. The van der Waals surface area contributed by atoms with Crippen LogP contribution in [-0.2, 0) is 14.8 Å². The Bertz CT molecular complexity index is 546. The minimum absolute atomic E-state index is 0.0466. The summed E-state index contributed by atoms with van der Waals surface area (Å²) in [4.78, 5) is -0.145. The van der Waals surface area contributed by atoms with Crippen molar-refractivity contribution in [3.05, 3.63) is 23.5 Å². The first-order valence-corrected chi connectivity index (χ1v) is 7.42. The van der Waals surface area contributed by atoms with E-state index < -0.39 is 21.9 Å². The van der Waals surface area contributed by atoms with Gasteiger partial charge in [0.1, 0.15) is 5.82 Å². The number of hydrogen-bond donors (Lipinski definition) is 2. The van der Waals surface area contributed by atoms with E-state index in [0.717, 1.165) is 6.07 Å². The summed E-state index contributed by atoms with van der Waals surface area (Å²) in [6, 6.07) is 1.93. The van der Waals surface area contributed by atoms with Gasteiger partial charge in [0.2, 0.25) is 10.0 Å². The van der Waals surface area contributed by atoms with Crippen molar-refractivity contribution in [1.82, 2.24) is 4.72 Å². The highest BCUT2D eigenvalue weighted by atomic mass is 32.2. The number of hydrogen-bond acceptors (Lipinski definition) is 4. The zero-order valence-electron chi connectivity index (χ0n) is 11.2. The molecule has 3 N–H and O–H groups in total. The van der Waals surface area contributed by atoms with Crippen LogP contribution in [0.5, 0.6) is 0 Å². The molecular weight excluding hydrogens is 271 g/mol. The summed E-state index contributed by atoms with van der Waals surface area (Å²) in [6.07, 6.45) is 0. The number of nitrogen functional groups attached to an aromatic ring is 1. The molecule has 1 aromatic rings. The lowest BCUT2D eigenvalue weighted by atomic mass is 10.2. The summed E-state index contributed by atoms with van der Waals surface area (Å²) in [6.45, 7) is 5.64. The molecule has 0 radical (unpaired) electrons. The molecule has 108 valence electrons. The topological polar surface area (TPSA) is 81.4 Å². The lowest BCUT2D eigenvalue weighted by Crippen LogP contribution is -2.36. The van der Waals surface area contributed by atoms with Crippen LogP contribution in [0.15, 0.2) is 17.0 Å². The van der Waals surface area contributed by atoms with Crippen LogP contribution in [0.3, 0.4) is 0 Å². The van der Waals surface area contributed by atoms with Gasteiger partial charge in [0.05, 0.1) is 11.5 Å². The van der Waals surface area contributed by atoms with Crippen LogP contribution >= 0.6 is 0 Å². The molecule has 19 heavy (non-hydrogen) atoms. The first kappa shape index (κ1) is 15.9. The molecule has 0 saturated carbocycles. The summed E-state index contributed by atoms with van der Waals surface area (Å²) >= 11 is 0. The number of nitrogens with two attached hydrogens (primary N) is 1. The number of sulfonamides is 1. The molecule has 0 aliphatic rings. The standard InChI is InChI=1S/C12H19FN2O3S/c1-4-18-7-8(2)15-19(16,17)12-6-10(14)5-11(13)9(12)3/h5-6,8,15H,4,7,14H2,1-3H3. The fourth-order valence-corrected chi connectivity index (χ4v) is 3.13. The average Bonchev–Trinajstić information content (AvgIpc) is 2.30. The zero-order valence-corrected chi connectivity index (χ0v) is 12.1. The van der Waals surface area contributed by atoms with Gasteiger partial charge >= 0.3 is 0 Å². The van der Waals surface area contributed by atoms with E-state index in [1.165, 1.54) is 13.0 Å². The van der Waals surface area contributed by atoms with Crippen molar-refractivity contribution in [3.63, 3.8) is 0 Å². The highest BCUT2D eigenvalue weighted by Crippen LogP contribution is 2.21. The molecule has 0 aromatic heterocycles. The molecule has 0 saturated heterocycles. The fraction of sp³-hybridized carbons (Fsp3) is 0.500. The molecule has 0 aliphatic carbocycles. The monoisotopic (exact) mass is 290 g/mol. The maximum Gasteiger partial charge on any atom is 0.241 e. The Hall–Kier alpha value is -1.18. The van der Waals surface area contributed by atoms with Crippen LogP contribution in [0.2, 0.25) is 0 Å². The van der Waals surface area contributed by atoms with Gasteiger partial charge in [-0.2, -0.15) is 0 Å². The molecule has 0 bridgehead atoms. The normalized spacial score (nSPS) is 13.5. The molecule has 1 atom stereocenters. The summed E-state index contributed by atoms with van der Waals surface area (Å²) in [5.41, 5.74) is 5.60. The van der Waals surface area contributed by atoms with Gasteiger partial charge in [-0.3, -0.25) is 0 Å². The number of anilines is 1. The van der Waals surface area contributed by atoms with Gasteiger partial charge in [-0.15, -0.1) is 0 Å². The largest absolute Gasteiger partial charge is 0.399 e. The lowest BCUT2D eigenvalue weighted by Gasteiger charge is -2.16. The van der Waals surface area contributed by atoms with E-state index in [-0.39, 0.29) is 22.8 Å². The van der Waals surface area contributed by atoms with Crippen LogP contribution < -0.4 is 10.5 Å². The Morgan fingerprint density at radius 1 is 1.47 bits per heavy atom. The number of nitrogens with one attached hydrogen (secondary N) is 1. The van der Waals surface area contributed by atoms with Gasteiger partial charge in [0, 0.05) is 23.9 Å². The molecule has 1 unspecified atom stereocenters. The maximum atomic E-state index is 13.5. The second kappa shape index (κ2) is 6.31. The summed E-state index contributed by atoms with van der Waals surface area (Å²) in [5, 5.41) is 0. The van der Waals surface area contributed by atoms with Gasteiger partial charge in [-0.05, 0) is 32.9 Å². The van der Waals surface area contributed by atoms with E-state index in [1.54, 1.807) is 6.92 Å². The smallest absolute Gasteiger partial charge is 0.241 e. The second-order valence-electron chi connectivity index (χ2n) is 4.31. The predicted molar refractivity (Wildman–Crippen MR) is 71.8 cm³/mol. The highest BCUT2D eigenvalue weighted by Gasteiger charge is 2.21. The second-order valence-corrected chi connectivity index (χ2v) is 5.99. The van der Waals surface area contributed by atoms with E-state index in [4.69, 9.17) is 10.5 Å². The molecule has 0 heterocycles. The zero-order chi connectivity index (χ0) is 14.6. The molecule has 5 nitrogen and oxygen atoms in total. The van der Waals surface area contributed by atoms with Crippen molar-refractivity contribution in [2.24, 2.45) is 0 Å². The van der Waals surface area contributed by atoms with Crippen LogP contribution in [0, 0.1) is 12.7 Å². The number of halogens is 1. The van der Waals surface area contributed by atoms with Crippen molar-refractivity contribution in [2.45, 2.75) is 31.7 Å². The Morgan fingerprint density at radius 3 is 2.68 bits per heavy atom. The van der Waals surface area contributed by atoms with E-state index in [1.807, 2.05) is 6.92 Å². The van der Waals surface area contributed by atoms with Crippen LogP contribution in [0.4, 0.5) is 10.1 Å². The van der Waals surface area contributed by atoms with E-state index in [9.17, 15) is 12.8 Å². The predicted octanol–water partition coefficient (Wildman–Crippen LogP) is 1.42. The van der Waals surface area contributed by atoms with E-state index in [0.29, 0.717) is 6.61 Å². The van der Waals surface area contributed by atoms with Gasteiger partial charge < -0.3 is 10.5 Å². The van der Waals surface area contributed by atoms with Crippen molar-refractivity contribution in [1.29, 1.82) is 0 Å². The van der Waals surface area contributed by atoms with Crippen molar-refractivity contribution in [3.8, 4) is 0 Å². The minimum Gasteiger partial charge on any atom is -0.399 e. The number of benzene rings is 1. The number of rotatable bonds is 6. The number of ether oxygens (including phenoxy) is 1. The van der Waals surface area contributed by atoms with Gasteiger partial charge in [-0.25, -0.2) is 17.5 Å². The first-order chi connectivity index (χ1) is 8.77. The third-order valence-corrected chi connectivity index (χ3v) is 4.25. The molecule has 0 spiro atoms. The summed E-state index contributed by atoms with van der Waals surface area (Å²) in [7, 11) is -3.82. The van der Waals surface area contributed by atoms with Crippen molar-refractivity contribution >= 4 is 15.7 Å². The summed E-state index contributed by atoms with van der Waals surface area (Å²) < 4.78 is 45.4.